The first kappa shape index (κ1) is 61.4. The molecular formula is C57H110O6. The minimum absolute atomic E-state index is 0.0640. The standard InChI is InChI=1S/C57H110O6/c1-7-52(5)44-38-32-26-20-15-17-23-29-35-41-47-56(59)62-50-54(63-57(60)48-42-36-30-24-18-16-21-27-33-39-45-53(6)8-2)49-61-55(58)46-40-34-28-22-14-12-10-9-11-13-19-25-31-37-43-51(3)4/h51-54H,7-50H2,1-6H3/t52?,53?,54-/m1/s1. The van der Waals surface area contributed by atoms with Crippen LogP contribution in [0.2, 0.25) is 0 Å². The largest absolute Gasteiger partial charge is 0.462 e. The second-order valence-corrected chi connectivity index (χ2v) is 20.5. The number of unbranched alkanes of at least 4 members (excludes halogenated alkanes) is 31. The van der Waals surface area contributed by atoms with Gasteiger partial charge in [0.15, 0.2) is 6.10 Å². The van der Waals surface area contributed by atoms with Crippen molar-refractivity contribution in [2.24, 2.45) is 17.8 Å². The highest BCUT2D eigenvalue weighted by atomic mass is 16.6. The molecule has 6 heteroatoms. The molecule has 0 aliphatic rings. The molecule has 0 bridgehead atoms. The Hall–Kier alpha value is -1.59. The lowest BCUT2D eigenvalue weighted by Gasteiger charge is -2.18. The summed E-state index contributed by atoms with van der Waals surface area (Å²) in [6, 6.07) is 0. The van der Waals surface area contributed by atoms with E-state index in [2.05, 4.69) is 41.5 Å². The van der Waals surface area contributed by atoms with E-state index in [1.807, 2.05) is 0 Å². The van der Waals surface area contributed by atoms with E-state index in [-0.39, 0.29) is 31.1 Å². The van der Waals surface area contributed by atoms with Gasteiger partial charge < -0.3 is 14.2 Å². The Morgan fingerprint density at radius 1 is 0.317 bits per heavy atom. The van der Waals surface area contributed by atoms with Crippen molar-refractivity contribution in [3.8, 4) is 0 Å². The molecule has 63 heavy (non-hydrogen) atoms. The monoisotopic (exact) mass is 891 g/mol. The van der Waals surface area contributed by atoms with Crippen LogP contribution in [0.1, 0.15) is 311 Å². The van der Waals surface area contributed by atoms with Crippen LogP contribution in [-0.4, -0.2) is 37.2 Å². The van der Waals surface area contributed by atoms with Crippen LogP contribution in [0.15, 0.2) is 0 Å². The maximum absolute atomic E-state index is 12.8. The number of hydrogen-bond acceptors (Lipinski definition) is 6. The van der Waals surface area contributed by atoms with Crippen molar-refractivity contribution in [3.05, 3.63) is 0 Å². The van der Waals surface area contributed by atoms with Crippen LogP contribution in [0.5, 0.6) is 0 Å². The molecule has 0 aromatic carbocycles. The number of hydrogen-bond donors (Lipinski definition) is 0. The van der Waals surface area contributed by atoms with Crippen molar-refractivity contribution in [3.63, 3.8) is 0 Å². The Labute approximate surface area is 393 Å². The van der Waals surface area contributed by atoms with Gasteiger partial charge in [0, 0.05) is 19.3 Å². The molecule has 0 N–H and O–H groups in total. The molecule has 0 rings (SSSR count). The molecule has 0 aliphatic heterocycles. The van der Waals surface area contributed by atoms with Gasteiger partial charge in [-0.3, -0.25) is 14.4 Å². The zero-order valence-electron chi connectivity index (χ0n) is 43.4. The molecule has 3 atom stereocenters. The number of carbonyl (C=O) groups is 3. The second kappa shape index (κ2) is 48.3. The third-order valence-electron chi connectivity index (χ3n) is 13.6. The minimum Gasteiger partial charge on any atom is -0.462 e. The van der Waals surface area contributed by atoms with Gasteiger partial charge in [-0.15, -0.1) is 0 Å². The Balaban J connectivity index is 4.32. The first-order valence-corrected chi connectivity index (χ1v) is 28.2. The number of carbonyl (C=O) groups excluding carboxylic acids is 3. The molecule has 0 saturated carbocycles. The Kier molecular flexibility index (Phi) is 47.1. The summed E-state index contributed by atoms with van der Waals surface area (Å²) in [5, 5.41) is 0. The lowest BCUT2D eigenvalue weighted by molar-refractivity contribution is -0.167. The maximum Gasteiger partial charge on any atom is 0.306 e. The van der Waals surface area contributed by atoms with Crippen molar-refractivity contribution in [2.45, 2.75) is 317 Å². The summed E-state index contributed by atoms with van der Waals surface area (Å²) < 4.78 is 16.9. The molecule has 0 amide bonds. The van der Waals surface area contributed by atoms with Crippen molar-refractivity contribution < 1.29 is 28.6 Å². The predicted molar refractivity (Wildman–Crippen MR) is 270 cm³/mol. The number of esters is 3. The molecule has 374 valence electrons. The summed E-state index contributed by atoms with van der Waals surface area (Å²) in [6.45, 7) is 13.8. The molecule has 0 saturated heterocycles. The normalized spacial score (nSPS) is 13.0. The van der Waals surface area contributed by atoms with Crippen molar-refractivity contribution in [1.82, 2.24) is 0 Å². The average Bonchev–Trinajstić information content (AvgIpc) is 3.27. The molecule has 2 unspecified atom stereocenters. The van der Waals surface area contributed by atoms with Gasteiger partial charge >= 0.3 is 17.9 Å². The third kappa shape index (κ3) is 48.2. The lowest BCUT2D eigenvalue weighted by Crippen LogP contribution is -2.30. The second-order valence-electron chi connectivity index (χ2n) is 20.5. The third-order valence-corrected chi connectivity index (χ3v) is 13.6. The fraction of sp³-hybridized carbons (Fsp3) is 0.947. The van der Waals surface area contributed by atoms with Gasteiger partial charge in [-0.25, -0.2) is 0 Å². The average molecular weight is 892 g/mol. The van der Waals surface area contributed by atoms with Gasteiger partial charge in [-0.2, -0.15) is 0 Å². The highest BCUT2D eigenvalue weighted by molar-refractivity contribution is 5.71. The van der Waals surface area contributed by atoms with E-state index in [0.717, 1.165) is 75.5 Å². The summed E-state index contributed by atoms with van der Waals surface area (Å²) in [7, 11) is 0. The maximum atomic E-state index is 12.8. The van der Waals surface area contributed by atoms with Crippen LogP contribution >= 0.6 is 0 Å². The van der Waals surface area contributed by atoms with E-state index < -0.39 is 6.10 Å². The molecule has 0 spiro atoms. The summed E-state index contributed by atoms with van der Waals surface area (Å²) in [5.74, 6) is 1.73. The summed E-state index contributed by atoms with van der Waals surface area (Å²) >= 11 is 0. The summed E-state index contributed by atoms with van der Waals surface area (Å²) in [5.41, 5.74) is 0. The van der Waals surface area contributed by atoms with Crippen LogP contribution in [0.3, 0.4) is 0 Å². The number of ether oxygens (including phenoxy) is 3. The van der Waals surface area contributed by atoms with Gasteiger partial charge in [0.05, 0.1) is 0 Å². The smallest absolute Gasteiger partial charge is 0.306 e. The fourth-order valence-corrected chi connectivity index (χ4v) is 8.58. The molecule has 0 aliphatic carbocycles. The molecule has 0 fully saturated rings. The Bertz CT molecular complexity index is 980. The van der Waals surface area contributed by atoms with E-state index in [1.165, 1.54) is 193 Å². The zero-order valence-corrected chi connectivity index (χ0v) is 43.4. The van der Waals surface area contributed by atoms with Crippen LogP contribution in [0, 0.1) is 17.8 Å². The van der Waals surface area contributed by atoms with E-state index in [4.69, 9.17) is 14.2 Å². The number of rotatable bonds is 50. The van der Waals surface area contributed by atoms with Gasteiger partial charge in [-0.05, 0) is 37.0 Å². The van der Waals surface area contributed by atoms with E-state index in [9.17, 15) is 14.4 Å². The highest BCUT2D eigenvalue weighted by Gasteiger charge is 2.19. The molecule has 0 aromatic rings. The van der Waals surface area contributed by atoms with Crippen molar-refractivity contribution in [2.75, 3.05) is 13.2 Å². The molecule has 0 aromatic heterocycles. The van der Waals surface area contributed by atoms with E-state index in [1.54, 1.807) is 0 Å². The lowest BCUT2D eigenvalue weighted by atomic mass is 9.99. The van der Waals surface area contributed by atoms with Crippen LogP contribution in [-0.2, 0) is 28.6 Å². The highest BCUT2D eigenvalue weighted by Crippen LogP contribution is 2.19. The zero-order chi connectivity index (χ0) is 46.3. The predicted octanol–water partition coefficient (Wildman–Crippen LogP) is 18.3. The fourth-order valence-electron chi connectivity index (χ4n) is 8.58. The quantitative estimate of drug-likeness (QED) is 0.0344. The molecular weight excluding hydrogens is 781 g/mol. The van der Waals surface area contributed by atoms with Crippen LogP contribution in [0.25, 0.3) is 0 Å². The topological polar surface area (TPSA) is 78.9 Å². The van der Waals surface area contributed by atoms with Crippen LogP contribution < -0.4 is 0 Å². The van der Waals surface area contributed by atoms with E-state index in [0.29, 0.717) is 19.3 Å². The minimum atomic E-state index is -0.764. The molecule has 6 nitrogen and oxygen atoms in total. The molecule has 0 radical (unpaired) electrons. The van der Waals surface area contributed by atoms with Gasteiger partial charge in [0.1, 0.15) is 13.2 Å². The first-order chi connectivity index (χ1) is 30.7. The van der Waals surface area contributed by atoms with Crippen LogP contribution in [0.4, 0.5) is 0 Å². The first-order valence-electron chi connectivity index (χ1n) is 28.2. The van der Waals surface area contributed by atoms with E-state index >= 15 is 0 Å². The summed E-state index contributed by atoms with van der Waals surface area (Å²) in [6.07, 6.45) is 49.3. The Morgan fingerprint density at radius 2 is 0.556 bits per heavy atom. The molecule has 0 heterocycles. The van der Waals surface area contributed by atoms with Gasteiger partial charge in [-0.1, -0.05) is 273 Å². The summed E-state index contributed by atoms with van der Waals surface area (Å²) in [4.78, 5) is 38.1. The van der Waals surface area contributed by atoms with Gasteiger partial charge in [0.2, 0.25) is 0 Å². The Morgan fingerprint density at radius 3 is 0.825 bits per heavy atom. The van der Waals surface area contributed by atoms with Crippen molar-refractivity contribution >= 4 is 17.9 Å². The SMILES string of the molecule is CCC(C)CCCCCCCCCCCCC(=O)OC[C@@H](COC(=O)CCCCCCCCCCCCCCCCC(C)C)OC(=O)CCCCCCCCCCCCC(C)CC. The van der Waals surface area contributed by atoms with Gasteiger partial charge in [0.25, 0.3) is 0 Å². The van der Waals surface area contributed by atoms with Crippen molar-refractivity contribution in [1.29, 1.82) is 0 Å².